The molecule has 2 fully saturated rings. The highest BCUT2D eigenvalue weighted by Crippen LogP contribution is 2.33. The highest BCUT2D eigenvalue weighted by atomic mass is 16.7. The number of hydrogen-bond donors (Lipinski definition) is 2. The van der Waals surface area contributed by atoms with Crippen molar-refractivity contribution in [1.82, 2.24) is 9.55 Å². The minimum atomic E-state index is -1.48. The van der Waals surface area contributed by atoms with Crippen LogP contribution in [0, 0.1) is 5.92 Å². The van der Waals surface area contributed by atoms with Gasteiger partial charge in [-0.3, -0.25) is 9.36 Å². The van der Waals surface area contributed by atoms with Crippen LogP contribution in [0.25, 0.3) is 0 Å². The van der Waals surface area contributed by atoms with E-state index in [1.807, 2.05) is 0 Å². The van der Waals surface area contributed by atoms with Gasteiger partial charge in [0.25, 0.3) is 0 Å². The van der Waals surface area contributed by atoms with Crippen LogP contribution in [0.4, 0.5) is 10.6 Å². The van der Waals surface area contributed by atoms with Gasteiger partial charge in [0.1, 0.15) is 12.4 Å². The van der Waals surface area contributed by atoms with Gasteiger partial charge in [0.2, 0.25) is 0 Å². The number of anilines is 1. The zero-order chi connectivity index (χ0) is 18.0. The molecule has 0 bridgehead atoms. The zero-order valence-corrected chi connectivity index (χ0v) is 13.4. The van der Waals surface area contributed by atoms with E-state index in [2.05, 4.69) is 4.98 Å². The fraction of sp³-hybridized carbons (Fsp3) is 0.600. The van der Waals surface area contributed by atoms with Crippen molar-refractivity contribution in [2.45, 2.75) is 44.1 Å². The summed E-state index contributed by atoms with van der Waals surface area (Å²) < 4.78 is 16.8. The number of nitrogens with zero attached hydrogens (tertiary/aromatic N) is 2. The Kier molecular flexibility index (Phi) is 4.88. The Morgan fingerprint density at radius 1 is 1.44 bits per heavy atom. The Labute approximate surface area is 142 Å². The molecule has 2 heterocycles. The van der Waals surface area contributed by atoms with Crippen LogP contribution in [-0.4, -0.2) is 45.6 Å². The van der Waals surface area contributed by atoms with Crippen molar-refractivity contribution in [2.75, 3.05) is 12.3 Å². The lowest BCUT2D eigenvalue weighted by Crippen LogP contribution is -2.33. The molecular weight excluding hydrogens is 334 g/mol. The van der Waals surface area contributed by atoms with Crippen LogP contribution in [-0.2, 0) is 19.0 Å². The lowest BCUT2D eigenvalue weighted by atomic mass is 10.2. The molecule has 0 aromatic carbocycles. The molecular formula is C15H19N3O7. The summed E-state index contributed by atoms with van der Waals surface area (Å²) in [5.74, 6) is 0.143. The van der Waals surface area contributed by atoms with Crippen molar-refractivity contribution in [3.8, 4) is 0 Å². The van der Waals surface area contributed by atoms with E-state index in [0.29, 0.717) is 12.3 Å². The summed E-state index contributed by atoms with van der Waals surface area (Å²) in [4.78, 5) is 38.1. The number of nitrogen functional groups attached to an aromatic ring is 1. The third kappa shape index (κ3) is 4.47. The van der Waals surface area contributed by atoms with Gasteiger partial charge in [-0.2, -0.15) is 4.98 Å². The Balaban J connectivity index is 1.66. The molecule has 3 atom stereocenters. The van der Waals surface area contributed by atoms with Crippen molar-refractivity contribution in [2.24, 2.45) is 5.92 Å². The molecule has 3 N–H and O–H groups in total. The molecule has 0 amide bonds. The normalized spacial score (nSPS) is 25.5. The topological polar surface area (TPSA) is 143 Å². The Morgan fingerprint density at radius 3 is 2.84 bits per heavy atom. The van der Waals surface area contributed by atoms with Gasteiger partial charge in [-0.1, -0.05) is 0 Å². The number of nitrogens with two attached hydrogens (primary N) is 1. The summed E-state index contributed by atoms with van der Waals surface area (Å²) in [6.07, 6.45) is -0.0105. The Hall–Kier alpha value is -2.62. The molecule has 1 saturated carbocycles. The predicted molar refractivity (Wildman–Crippen MR) is 82.6 cm³/mol. The third-order valence-corrected chi connectivity index (χ3v) is 4.11. The molecule has 1 aliphatic carbocycles. The van der Waals surface area contributed by atoms with Gasteiger partial charge in [0, 0.05) is 19.0 Å². The molecule has 1 aromatic rings. The zero-order valence-electron chi connectivity index (χ0n) is 13.4. The second-order valence-electron chi connectivity index (χ2n) is 6.18. The van der Waals surface area contributed by atoms with E-state index in [0.717, 1.165) is 17.4 Å². The van der Waals surface area contributed by atoms with Gasteiger partial charge in [-0.15, -0.1) is 0 Å². The van der Waals surface area contributed by atoms with E-state index in [9.17, 15) is 14.4 Å². The van der Waals surface area contributed by atoms with Crippen LogP contribution in [0.15, 0.2) is 17.1 Å². The quantitative estimate of drug-likeness (QED) is 0.699. The second kappa shape index (κ2) is 7.09. The van der Waals surface area contributed by atoms with Crippen LogP contribution >= 0.6 is 0 Å². The average molecular weight is 353 g/mol. The lowest BCUT2D eigenvalue weighted by molar-refractivity contribution is -0.149. The number of hydrogen-bond acceptors (Lipinski definition) is 8. The summed E-state index contributed by atoms with van der Waals surface area (Å²) in [5.41, 5.74) is 4.76. The maximum absolute atomic E-state index is 12.0. The van der Waals surface area contributed by atoms with E-state index in [4.69, 9.17) is 25.1 Å². The van der Waals surface area contributed by atoms with Crippen molar-refractivity contribution >= 4 is 17.9 Å². The van der Waals surface area contributed by atoms with Crippen molar-refractivity contribution in [1.29, 1.82) is 0 Å². The van der Waals surface area contributed by atoms with Gasteiger partial charge >= 0.3 is 17.8 Å². The number of esters is 1. The van der Waals surface area contributed by atoms with Crippen molar-refractivity contribution in [3.05, 3.63) is 22.7 Å². The first kappa shape index (κ1) is 17.2. The van der Waals surface area contributed by atoms with Crippen LogP contribution in [0.3, 0.4) is 0 Å². The molecule has 1 aromatic heterocycles. The molecule has 0 radical (unpaired) electrons. The van der Waals surface area contributed by atoms with E-state index >= 15 is 0 Å². The molecule has 1 saturated heterocycles. The monoisotopic (exact) mass is 353 g/mol. The SMILES string of the molecule is Nc1ccn([C@@H]2O[C@H](COC(=O)CC3CC3)CC2OC(=O)O)c(=O)n1. The molecule has 3 rings (SSSR count). The van der Waals surface area contributed by atoms with Crippen molar-refractivity contribution in [3.63, 3.8) is 0 Å². The fourth-order valence-corrected chi connectivity index (χ4v) is 2.73. The third-order valence-electron chi connectivity index (χ3n) is 4.11. The molecule has 1 unspecified atom stereocenters. The van der Waals surface area contributed by atoms with Crippen LogP contribution in [0.5, 0.6) is 0 Å². The first-order chi connectivity index (χ1) is 11.9. The standard InChI is InChI=1S/C15H19N3O7/c16-11-3-4-18(14(20)17-11)13-10(25-15(21)22)6-9(24-13)7-23-12(19)5-8-1-2-8/h3-4,8-10,13H,1-2,5-7H2,(H,21,22)(H2,16,17,20)/t9-,10?,13+/m0/s1. The van der Waals surface area contributed by atoms with Gasteiger partial charge in [-0.25, -0.2) is 9.59 Å². The van der Waals surface area contributed by atoms with Crippen LogP contribution in [0.2, 0.25) is 0 Å². The minimum absolute atomic E-state index is 0.0291. The summed E-state index contributed by atoms with van der Waals surface area (Å²) >= 11 is 0. The van der Waals surface area contributed by atoms with Gasteiger partial charge < -0.3 is 25.1 Å². The van der Waals surface area contributed by atoms with E-state index in [1.165, 1.54) is 12.3 Å². The molecule has 1 aliphatic heterocycles. The molecule has 10 nitrogen and oxygen atoms in total. The average Bonchev–Trinajstić information content (AvgIpc) is 3.25. The van der Waals surface area contributed by atoms with Crippen molar-refractivity contribution < 1.29 is 28.9 Å². The number of ether oxygens (including phenoxy) is 3. The second-order valence-corrected chi connectivity index (χ2v) is 6.18. The summed E-state index contributed by atoms with van der Waals surface area (Å²) in [6.45, 7) is -0.0291. The first-order valence-electron chi connectivity index (χ1n) is 7.97. The van der Waals surface area contributed by atoms with E-state index in [1.54, 1.807) is 0 Å². The number of carbonyl (C=O) groups is 2. The number of carbonyl (C=O) groups excluding carboxylic acids is 1. The maximum Gasteiger partial charge on any atom is 0.506 e. The van der Waals surface area contributed by atoms with Crippen LogP contribution in [0.1, 0.15) is 31.9 Å². The minimum Gasteiger partial charge on any atom is -0.463 e. The summed E-state index contributed by atoms with van der Waals surface area (Å²) in [5, 5.41) is 8.88. The van der Waals surface area contributed by atoms with Gasteiger partial charge in [-0.05, 0) is 24.8 Å². The number of rotatable bonds is 6. The lowest BCUT2D eigenvalue weighted by Gasteiger charge is -2.19. The van der Waals surface area contributed by atoms with Crippen LogP contribution < -0.4 is 11.4 Å². The Bertz CT molecular complexity index is 715. The smallest absolute Gasteiger partial charge is 0.463 e. The van der Waals surface area contributed by atoms with Gasteiger partial charge in [0.15, 0.2) is 12.3 Å². The Morgan fingerprint density at radius 2 is 2.20 bits per heavy atom. The summed E-state index contributed by atoms with van der Waals surface area (Å²) in [7, 11) is 0. The maximum atomic E-state index is 12.0. The van der Waals surface area contributed by atoms with Gasteiger partial charge in [0.05, 0.1) is 6.10 Å². The highest BCUT2D eigenvalue weighted by Gasteiger charge is 2.40. The first-order valence-corrected chi connectivity index (χ1v) is 7.97. The largest absolute Gasteiger partial charge is 0.506 e. The molecule has 2 aliphatic rings. The number of carboxylic acid groups (broad SMARTS) is 1. The predicted octanol–water partition coefficient (Wildman–Crippen LogP) is 0.520. The summed E-state index contributed by atoms with van der Waals surface area (Å²) in [6, 6.07) is 1.39. The number of aromatic nitrogens is 2. The molecule has 25 heavy (non-hydrogen) atoms. The molecule has 10 heteroatoms. The fourth-order valence-electron chi connectivity index (χ4n) is 2.73. The molecule has 136 valence electrons. The highest BCUT2D eigenvalue weighted by molar-refractivity contribution is 5.70. The molecule has 0 spiro atoms. The van der Waals surface area contributed by atoms with E-state index < -0.39 is 30.3 Å². The van der Waals surface area contributed by atoms with E-state index in [-0.39, 0.29) is 24.8 Å².